The molecule has 0 aromatic carbocycles. The van der Waals surface area contributed by atoms with Crippen LogP contribution in [0.3, 0.4) is 0 Å². The van der Waals surface area contributed by atoms with Gasteiger partial charge in [0.1, 0.15) is 6.10 Å². The molecule has 1 rings (SSSR count). The fourth-order valence-electron chi connectivity index (χ4n) is 2.48. The molecule has 110 valence electrons. The van der Waals surface area contributed by atoms with Gasteiger partial charge >= 0.3 is 0 Å². The fraction of sp³-hybridized carbons (Fsp3) is 0.579. The molecule has 0 saturated carbocycles. The monoisotopic (exact) mass is 272 g/mol. The zero-order valence-corrected chi connectivity index (χ0v) is 13.2. The second-order valence-corrected chi connectivity index (χ2v) is 5.94. The zero-order chi connectivity index (χ0) is 15.0. The Bertz CT molecular complexity index is 442. The third-order valence-electron chi connectivity index (χ3n) is 3.91. The zero-order valence-electron chi connectivity index (χ0n) is 13.2. The first-order valence-corrected chi connectivity index (χ1v) is 7.64. The van der Waals surface area contributed by atoms with Crippen LogP contribution in [0.4, 0.5) is 0 Å². The van der Waals surface area contributed by atoms with Gasteiger partial charge in [0.05, 0.1) is 0 Å². The molecular formula is C19H28O. The molecule has 1 aliphatic rings. The lowest BCUT2D eigenvalue weighted by molar-refractivity contribution is 0.175. The van der Waals surface area contributed by atoms with Gasteiger partial charge in [0, 0.05) is 12.3 Å². The second-order valence-electron chi connectivity index (χ2n) is 5.94. The van der Waals surface area contributed by atoms with E-state index in [0.29, 0.717) is 0 Å². The predicted molar refractivity (Wildman–Crippen MR) is 87.3 cm³/mol. The summed E-state index contributed by atoms with van der Waals surface area (Å²) in [6, 6.07) is 0. The summed E-state index contributed by atoms with van der Waals surface area (Å²) in [4.78, 5) is 0. The Morgan fingerprint density at radius 2 is 1.85 bits per heavy atom. The molecule has 0 unspecified atom stereocenters. The topological polar surface area (TPSA) is 20.2 Å². The molecule has 2 atom stereocenters. The van der Waals surface area contributed by atoms with Crippen LogP contribution < -0.4 is 0 Å². The standard InChI is InChI=1S/C19H28O/c1-15(2)18-14-13-17(4)11-8-10-16(3)9-6-5-7-12-19(18)20/h9,11,18-20H,1,5-6,8,10,13-14H2,2-4H3/b16-9+,17-11+/t18-,19-/m1/s1. The third-order valence-corrected chi connectivity index (χ3v) is 3.91. The van der Waals surface area contributed by atoms with E-state index < -0.39 is 6.10 Å². The van der Waals surface area contributed by atoms with Crippen molar-refractivity contribution in [3.8, 4) is 11.8 Å². The van der Waals surface area contributed by atoms with Crippen LogP contribution in [0.15, 0.2) is 35.5 Å². The predicted octanol–water partition coefficient (Wildman–Crippen LogP) is 4.79. The van der Waals surface area contributed by atoms with E-state index in [9.17, 15) is 5.11 Å². The van der Waals surface area contributed by atoms with Crippen molar-refractivity contribution in [2.45, 2.75) is 65.4 Å². The third kappa shape index (κ3) is 6.26. The smallest absolute Gasteiger partial charge is 0.121 e. The summed E-state index contributed by atoms with van der Waals surface area (Å²) < 4.78 is 0. The molecule has 0 fully saturated rings. The van der Waals surface area contributed by atoms with E-state index in [0.717, 1.165) is 44.1 Å². The van der Waals surface area contributed by atoms with E-state index in [2.05, 4.69) is 44.4 Å². The van der Waals surface area contributed by atoms with Crippen molar-refractivity contribution in [3.05, 3.63) is 35.5 Å². The molecule has 0 spiro atoms. The molecule has 20 heavy (non-hydrogen) atoms. The van der Waals surface area contributed by atoms with Gasteiger partial charge in [-0.1, -0.05) is 41.4 Å². The van der Waals surface area contributed by atoms with Gasteiger partial charge < -0.3 is 5.11 Å². The molecule has 0 aromatic heterocycles. The maximum absolute atomic E-state index is 10.2. The molecule has 1 nitrogen and oxygen atoms in total. The summed E-state index contributed by atoms with van der Waals surface area (Å²) in [5.41, 5.74) is 3.87. The highest BCUT2D eigenvalue weighted by atomic mass is 16.3. The molecule has 0 saturated heterocycles. The van der Waals surface area contributed by atoms with Crippen molar-refractivity contribution in [1.29, 1.82) is 0 Å². The summed E-state index contributed by atoms with van der Waals surface area (Å²) in [5, 5.41) is 10.2. The molecule has 1 N–H and O–H groups in total. The summed E-state index contributed by atoms with van der Waals surface area (Å²) in [6.07, 6.45) is 10.0. The molecule has 1 heteroatoms. The van der Waals surface area contributed by atoms with Crippen LogP contribution in [0.1, 0.15) is 59.3 Å². The largest absolute Gasteiger partial charge is 0.380 e. The second kappa shape index (κ2) is 8.82. The number of rotatable bonds is 1. The molecule has 1 aliphatic carbocycles. The molecular weight excluding hydrogens is 244 g/mol. The van der Waals surface area contributed by atoms with Gasteiger partial charge in [-0.3, -0.25) is 0 Å². The fourth-order valence-corrected chi connectivity index (χ4v) is 2.48. The van der Waals surface area contributed by atoms with Crippen LogP contribution in [0.2, 0.25) is 0 Å². The molecule has 0 aliphatic heterocycles. The Morgan fingerprint density at radius 1 is 1.20 bits per heavy atom. The van der Waals surface area contributed by atoms with Gasteiger partial charge in [0.2, 0.25) is 0 Å². The lowest BCUT2D eigenvalue weighted by Crippen LogP contribution is -2.19. The highest BCUT2D eigenvalue weighted by molar-refractivity contribution is 5.15. The lowest BCUT2D eigenvalue weighted by atomic mass is 9.89. The van der Waals surface area contributed by atoms with Crippen LogP contribution in [0.5, 0.6) is 0 Å². The first-order chi connectivity index (χ1) is 9.50. The average Bonchev–Trinajstić information content (AvgIpc) is 2.37. The Balaban J connectivity index is 2.83. The van der Waals surface area contributed by atoms with Crippen LogP contribution >= 0.6 is 0 Å². The van der Waals surface area contributed by atoms with Crippen molar-refractivity contribution in [1.82, 2.24) is 0 Å². The van der Waals surface area contributed by atoms with Gasteiger partial charge in [0.15, 0.2) is 0 Å². The van der Waals surface area contributed by atoms with Crippen LogP contribution in [-0.2, 0) is 0 Å². The number of aliphatic hydroxyl groups is 1. The molecule has 0 amide bonds. The van der Waals surface area contributed by atoms with E-state index in [4.69, 9.17) is 0 Å². The molecule has 0 heterocycles. The van der Waals surface area contributed by atoms with Gasteiger partial charge in [-0.25, -0.2) is 0 Å². The van der Waals surface area contributed by atoms with Crippen LogP contribution in [0.25, 0.3) is 0 Å². The first kappa shape index (κ1) is 16.8. The maximum atomic E-state index is 10.2. The minimum Gasteiger partial charge on any atom is -0.380 e. The van der Waals surface area contributed by atoms with Crippen LogP contribution in [-0.4, -0.2) is 11.2 Å². The van der Waals surface area contributed by atoms with Crippen molar-refractivity contribution in [3.63, 3.8) is 0 Å². The number of aliphatic hydroxyl groups excluding tert-OH is 1. The van der Waals surface area contributed by atoms with Gasteiger partial charge in [-0.2, -0.15) is 0 Å². The molecule has 0 aromatic rings. The SMILES string of the molecule is C=C(C)[C@H]1CC/C(C)=C/CC/C(C)=C/CCC#C[C@H]1O. The highest BCUT2D eigenvalue weighted by Crippen LogP contribution is 2.22. The number of allylic oxidation sites excluding steroid dienone is 4. The minimum atomic E-state index is -0.576. The highest BCUT2D eigenvalue weighted by Gasteiger charge is 2.17. The van der Waals surface area contributed by atoms with Crippen molar-refractivity contribution < 1.29 is 5.11 Å². The number of hydrogen-bond donors (Lipinski definition) is 1. The summed E-state index contributed by atoms with van der Waals surface area (Å²) in [7, 11) is 0. The lowest BCUT2D eigenvalue weighted by Gasteiger charge is -2.19. The summed E-state index contributed by atoms with van der Waals surface area (Å²) >= 11 is 0. The molecule has 0 radical (unpaired) electrons. The van der Waals surface area contributed by atoms with E-state index in [1.807, 2.05) is 6.92 Å². The Labute approximate surface area is 124 Å². The normalized spacial score (nSPS) is 30.8. The molecule has 0 bridgehead atoms. The average molecular weight is 272 g/mol. The summed E-state index contributed by atoms with van der Waals surface area (Å²) in [6.45, 7) is 10.4. The number of hydrogen-bond acceptors (Lipinski definition) is 1. The van der Waals surface area contributed by atoms with Crippen molar-refractivity contribution in [2.75, 3.05) is 0 Å². The first-order valence-electron chi connectivity index (χ1n) is 7.64. The van der Waals surface area contributed by atoms with Crippen molar-refractivity contribution >= 4 is 0 Å². The van der Waals surface area contributed by atoms with E-state index in [1.54, 1.807) is 0 Å². The maximum Gasteiger partial charge on any atom is 0.121 e. The van der Waals surface area contributed by atoms with Gasteiger partial charge in [-0.15, -0.1) is 5.92 Å². The van der Waals surface area contributed by atoms with Gasteiger partial charge in [0.25, 0.3) is 0 Å². The van der Waals surface area contributed by atoms with Crippen LogP contribution in [0, 0.1) is 17.8 Å². The Morgan fingerprint density at radius 3 is 2.55 bits per heavy atom. The van der Waals surface area contributed by atoms with E-state index in [1.165, 1.54) is 11.1 Å². The quantitative estimate of drug-likeness (QED) is 0.537. The van der Waals surface area contributed by atoms with Crippen molar-refractivity contribution in [2.24, 2.45) is 5.92 Å². The van der Waals surface area contributed by atoms with Gasteiger partial charge in [-0.05, 0) is 52.9 Å². The summed E-state index contributed by atoms with van der Waals surface area (Å²) in [5.74, 6) is 6.19. The Kier molecular flexibility index (Phi) is 7.41. The minimum absolute atomic E-state index is 0.0890. The van der Waals surface area contributed by atoms with E-state index in [-0.39, 0.29) is 5.92 Å². The van der Waals surface area contributed by atoms with E-state index >= 15 is 0 Å². The Hall–Kier alpha value is -1.26.